The molecule has 0 saturated carbocycles. The lowest BCUT2D eigenvalue weighted by Gasteiger charge is -2.20. The average molecular weight is 358 g/mol. The number of hydrogen-bond acceptors (Lipinski definition) is 6. The minimum atomic E-state index is -0.821. The fourth-order valence-corrected chi connectivity index (χ4v) is 2.35. The number of methoxy groups -OCH3 is 3. The summed E-state index contributed by atoms with van der Waals surface area (Å²) in [7, 11) is 5.93. The number of hydrazone groups is 1. The summed E-state index contributed by atoms with van der Waals surface area (Å²) in [6, 6.07) is 14.4. The first-order valence-corrected chi connectivity index (χ1v) is 7.86. The second kappa shape index (κ2) is 9.55. The van der Waals surface area contributed by atoms with Crippen molar-refractivity contribution in [2.75, 3.05) is 28.4 Å². The minimum absolute atomic E-state index is 0.446. The third-order valence-corrected chi connectivity index (χ3v) is 3.64. The average Bonchev–Trinajstić information content (AvgIpc) is 2.69. The van der Waals surface area contributed by atoms with Gasteiger partial charge in [-0.1, -0.05) is 35.5 Å². The quantitative estimate of drug-likeness (QED) is 0.536. The molecule has 0 radical (unpaired) electrons. The van der Waals surface area contributed by atoms with Gasteiger partial charge in [0.2, 0.25) is 0 Å². The van der Waals surface area contributed by atoms with E-state index in [4.69, 9.17) is 19.0 Å². The van der Waals surface area contributed by atoms with Crippen molar-refractivity contribution >= 4 is 12.1 Å². The Labute approximate surface area is 152 Å². The zero-order valence-electron chi connectivity index (χ0n) is 15.2. The van der Waals surface area contributed by atoms with Crippen molar-refractivity contribution in [3.05, 3.63) is 59.7 Å². The molecule has 0 aromatic heterocycles. The SMILES string of the molecule is COc1ccc(/C=N/N(OC)C(=O)C(OC)c2ccccc2)cc1OC. The molecule has 0 N–H and O–H groups in total. The predicted octanol–water partition coefficient (Wildman–Crippen LogP) is 2.82. The normalized spacial score (nSPS) is 12.0. The molecule has 2 aromatic rings. The highest BCUT2D eigenvalue weighted by molar-refractivity contribution is 5.85. The Morgan fingerprint density at radius 3 is 2.27 bits per heavy atom. The van der Waals surface area contributed by atoms with Gasteiger partial charge in [-0.05, 0) is 29.3 Å². The van der Waals surface area contributed by atoms with Crippen LogP contribution in [0.3, 0.4) is 0 Å². The molecular weight excluding hydrogens is 336 g/mol. The maximum absolute atomic E-state index is 12.7. The van der Waals surface area contributed by atoms with Crippen molar-refractivity contribution in [3.63, 3.8) is 0 Å². The van der Waals surface area contributed by atoms with Crippen LogP contribution in [-0.4, -0.2) is 45.7 Å². The molecule has 2 aromatic carbocycles. The molecule has 2 rings (SSSR count). The zero-order valence-corrected chi connectivity index (χ0v) is 15.2. The Hall–Kier alpha value is -2.90. The number of hydrogen-bond donors (Lipinski definition) is 0. The monoisotopic (exact) mass is 358 g/mol. The first-order valence-electron chi connectivity index (χ1n) is 7.86. The van der Waals surface area contributed by atoms with Crippen LogP contribution >= 0.6 is 0 Å². The van der Waals surface area contributed by atoms with Crippen molar-refractivity contribution in [2.45, 2.75) is 6.10 Å². The van der Waals surface area contributed by atoms with Crippen LogP contribution in [0.4, 0.5) is 0 Å². The summed E-state index contributed by atoms with van der Waals surface area (Å²) >= 11 is 0. The van der Waals surface area contributed by atoms with Gasteiger partial charge in [0, 0.05) is 7.11 Å². The van der Waals surface area contributed by atoms with Gasteiger partial charge >= 0.3 is 5.91 Å². The predicted molar refractivity (Wildman–Crippen MR) is 97.2 cm³/mol. The van der Waals surface area contributed by atoms with E-state index < -0.39 is 12.0 Å². The van der Waals surface area contributed by atoms with Gasteiger partial charge in [0.25, 0.3) is 0 Å². The summed E-state index contributed by atoms with van der Waals surface area (Å²) in [6.45, 7) is 0. The van der Waals surface area contributed by atoms with Crippen molar-refractivity contribution in [2.24, 2.45) is 5.10 Å². The molecule has 7 heteroatoms. The molecule has 1 amide bonds. The molecule has 1 atom stereocenters. The number of benzene rings is 2. The summed E-state index contributed by atoms with van der Waals surface area (Å²) in [5.74, 6) is 0.719. The number of carbonyl (C=O) groups excluding carboxylic acids is 1. The summed E-state index contributed by atoms with van der Waals surface area (Å²) in [4.78, 5) is 17.8. The molecule has 0 heterocycles. The number of ether oxygens (including phenoxy) is 3. The molecule has 0 fully saturated rings. The van der Waals surface area contributed by atoms with Crippen LogP contribution in [0.5, 0.6) is 11.5 Å². The van der Waals surface area contributed by atoms with E-state index in [1.54, 1.807) is 44.6 Å². The smallest absolute Gasteiger partial charge is 0.302 e. The summed E-state index contributed by atoms with van der Waals surface area (Å²) in [5.41, 5.74) is 1.43. The Kier molecular flexibility index (Phi) is 7.13. The van der Waals surface area contributed by atoms with Gasteiger partial charge in [-0.25, -0.2) is 0 Å². The fraction of sp³-hybridized carbons (Fsp3) is 0.263. The van der Waals surface area contributed by atoms with E-state index >= 15 is 0 Å². The molecule has 0 bridgehead atoms. The van der Waals surface area contributed by atoms with Crippen LogP contribution < -0.4 is 9.47 Å². The number of rotatable bonds is 8. The largest absolute Gasteiger partial charge is 0.493 e. The number of carbonyl (C=O) groups is 1. The van der Waals surface area contributed by atoms with Gasteiger partial charge in [-0.3, -0.25) is 9.63 Å². The van der Waals surface area contributed by atoms with Crippen molar-refractivity contribution < 1.29 is 23.8 Å². The van der Waals surface area contributed by atoms with Gasteiger partial charge in [-0.2, -0.15) is 5.10 Å². The Morgan fingerprint density at radius 2 is 1.69 bits per heavy atom. The lowest BCUT2D eigenvalue weighted by molar-refractivity contribution is -0.187. The lowest BCUT2D eigenvalue weighted by Crippen LogP contribution is -2.31. The van der Waals surface area contributed by atoms with E-state index in [1.165, 1.54) is 20.4 Å². The van der Waals surface area contributed by atoms with Crippen LogP contribution in [-0.2, 0) is 14.4 Å². The maximum Gasteiger partial charge on any atom is 0.302 e. The molecule has 0 aliphatic rings. The van der Waals surface area contributed by atoms with Gasteiger partial charge in [0.15, 0.2) is 17.6 Å². The second-order valence-corrected chi connectivity index (χ2v) is 5.18. The van der Waals surface area contributed by atoms with E-state index in [0.717, 1.165) is 5.17 Å². The van der Waals surface area contributed by atoms with Crippen LogP contribution in [0, 0.1) is 0 Å². The molecule has 0 aliphatic carbocycles. The third-order valence-electron chi connectivity index (χ3n) is 3.64. The first kappa shape index (κ1) is 19.4. The number of nitrogens with zero attached hydrogens (tertiary/aromatic N) is 2. The Balaban J connectivity index is 2.20. The van der Waals surface area contributed by atoms with Crippen molar-refractivity contribution in [1.29, 1.82) is 0 Å². The highest BCUT2D eigenvalue weighted by Crippen LogP contribution is 2.27. The van der Waals surface area contributed by atoms with Crippen molar-refractivity contribution in [3.8, 4) is 11.5 Å². The molecule has 26 heavy (non-hydrogen) atoms. The fourth-order valence-electron chi connectivity index (χ4n) is 2.35. The summed E-state index contributed by atoms with van der Waals surface area (Å²) in [6.07, 6.45) is 0.667. The molecule has 1 unspecified atom stereocenters. The summed E-state index contributed by atoms with van der Waals surface area (Å²) in [5, 5.41) is 4.98. The van der Waals surface area contributed by atoms with Gasteiger partial charge in [0.1, 0.15) is 0 Å². The maximum atomic E-state index is 12.7. The van der Waals surface area contributed by atoms with Gasteiger partial charge < -0.3 is 14.2 Å². The Morgan fingerprint density at radius 1 is 1.00 bits per heavy atom. The van der Waals surface area contributed by atoms with E-state index in [2.05, 4.69) is 5.10 Å². The topological polar surface area (TPSA) is 69.6 Å². The molecule has 7 nitrogen and oxygen atoms in total. The van der Waals surface area contributed by atoms with Gasteiger partial charge in [-0.15, -0.1) is 0 Å². The highest BCUT2D eigenvalue weighted by atomic mass is 16.7. The van der Waals surface area contributed by atoms with E-state index in [1.807, 2.05) is 18.2 Å². The lowest BCUT2D eigenvalue weighted by atomic mass is 10.1. The highest BCUT2D eigenvalue weighted by Gasteiger charge is 2.26. The number of hydroxylamine groups is 1. The van der Waals surface area contributed by atoms with E-state index in [-0.39, 0.29) is 0 Å². The molecule has 0 saturated heterocycles. The molecule has 0 aliphatic heterocycles. The van der Waals surface area contributed by atoms with Gasteiger partial charge in [0.05, 0.1) is 27.5 Å². The van der Waals surface area contributed by atoms with Crippen LogP contribution in [0.2, 0.25) is 0 Å². The first-order chi connectivity index (χ1) is 12.6. The standard InChI is InChI=1S/C19H22N2O5/c1-23-16-11-10-14(12-17(16)24-2)13-20-21(26-4)19(22)18(25-3)15-8-6-5-7-9-15/h5-13,18H,1-4H3/b20-13+. The van der Waals surface area contributed by atoms with E-state index in [9.17, 15) is 4.79 Å². The molecule has 0 spiro atoms. The zero-order chi connectivity index (χ0) is 18.9. The van der Waals surface area contributed by atoms with Crippen LogP contribution in [0.25, 0.3) is 0 Å². The van der Waals surface area contributed by atoms with Crippen LogP contribution in [0.15, 0.2) is 53.6 Å². The minimum Gasteiger partial charge on any atom is -0.493 e. The third kappa shape index (κ3) is 4.59. The summed E-state index contributed by atoms with van der Waals surface area (Å²) < 4.78 is 15.8. The van der Waals surface area contributed by atoms with Crippen molar-refractivity contribution in [1.82, 2.24) is 5.17 Å². The van der Waals surface area contributed by atoms with E-state index in [0.29, 0.717) is 22.6 Å². The molecule has 138 valence electrons. The Bertz CT molecular complexity index is 749. The van der Waals surface area contributed by atoms with Crippen LogP contribution in [0.1, 0.15) is 17.2 Å². The molecular formula is C19H22N2O5. The number of amides is 1. The second-order valence-electron chi connectivity index (χ2n) is 5.18.